The summed E-state index contributed by atoms with van der Waals surface area (Å²) in [5.41, 5.74) is 0. The maximum atomic E-state index is 6.04. The molecular weight excluding hydrogens is 318 g/mol. The van der Waals surface area contributed by atoms with Gasteiger partial charge in [0.1, 0.15) is 6.54 Å². The van der Waals surface area contributed by atoms with Crippen LogP contribution in [0.1, 0.15) is 97.3 Å². The molecule has 0 aliphatic rings. The predicted molar refractivity (Wildman–Crippen MR) is 104 cm³/mol. The third kappa shape index (κ3) is 20.3. The third-order valence-electron chi connectivity index (χ3n) is 4.70. The number of halogens is 1. The summed E-state index contributed by atoms with van der Waals surface area (Å²) in [6, 6.07) is 0. The Morgan fingerprint density at radius 3 is 1.58 bits per heavy atom. The molecule has 0 aromatic carbocycles. The lowest BCUT2D eigenvalue weighted by Gasteiger charge is -2.25. The van der Waals surface area contributed by atoms with Gasteiger partial charge in [0.15, 0.2) is 0 Å². The summed E-state index contributed by atoms with van der Waals surface area (Å²) in [6.07, 6.45) is 18.5. The fraction of sp³-hybridized carbons (Fsp3) is 1.00. The van der Waals surface area contributed by atoms with Crippen molar-refractivity contribution in [1.82, 2.24) is 0 Å². The average molecular weight is 364 g/mol. The van der Waals surface area contributed by atoms with Gasteiger partial charge >= 0.3 is 0 Å². The van der Waals surface area contributed by atoms with E-state index in [4.69, 9.17) is 4.74 Å². The van der Waals surface area contributed by atoms with Gasteiger partial charge in [0.2, 0.25) is 0 Å². The van der Waals surface area contributed by atoms with Gasteiger partial charge < -0.3 is 21.6 Å². The summed E-state index contributed by atoms with van der Waals surface area (Å²) in [5, 5.41) is 0. The molecule has 0 fully saturated rings. The van der Waals surface area contributed by atoms with Gasteiger partial charge in [-0.15, -0.1) is 0 Å². The zero-order chi connectivity index (χ0) is 17.4. The monoisotopic (exact) mass is 363 g/mol. The van der Waals surface area contributed by atoms with Gasteiger partial charge in [0.05, 0.1) is 33.9 Å². The Morgan fingerprint density at radius 2 is 1.17 bits per heavy atom. The highest BCUT2D eigenvalue weighted by molar-refractivity contribution is 4.57. The van der Waals surface area contributed by atoms with E-state index < -0.39 is 0 Å². The second-order valence-electron chi connectivity index (χ2n) is 8.24. The number of nitrogens with zero attached hydrogens (tertiary/aromatic N) is 1. The summed E-state index contributed by atoms with van der Waals surface area (Å²) >= 11 is 0. The van der Waals surface area contributed by atoms with Gasteiger partial charge in [-0.2, -0.15) is 0 Å². The van der Waals surface area contributed by atoms with Gasteiger partial charge in [-0.3, -0.25) is 0 Å². The molecule has 0 aromatic heterocycles. The Morgan fingerprint density at radius 1 is 0.708 bits per heavy atom. The standard InChI is InChI=1S/C21H46NO.ClH/c1-6-8-9-10-11-12-13-14-15-16-17-18-21(7-2)23-20-19-22(3,4)5;/h21H,6-20H2,1-5H3;1H/q+1;/p-1. The van der Waals surface area contributed by atoms with Crippen molar-refractivity contribution in [3.63, 3.8) is 0 Å². The minimum atomic E-state index is 0. The summed E-state index contributed by atoms with van der Waals surface area (Å²) in [4.78, 5) is 0. The van der Waals surface area contributed by atoms with Gasteiger partial charge in [0, 0.05) is 0 Å². The number of likely N-dealkylation sites (N-methyl/N-ethyl adjacent to an activating group) is 1. The molecule has 0 aliphatic heterocycles. The van der Waals surface area contributed by atoms with Crippen LogP contribution in [0.2, 0.25) is 0 Å². The molecule has 0 heterocycles. The van der Waals surface area contributed by atoms with Crippen molar-refractivity contribution in [2.24, 2.45) is 0 Å². The molecule has 24 heavy (non-hydrogen) atoms. The van der Waals surface area contributed by atoms with E-state index >= 15 is 0 Å². The smallest absolute Gasteiger partial charge is 0.102 e. The number of hydrogen-bond acceptors (Lipinski definition) is 1. The Bertz CT molecular complexity index is 240. The molecule has 0 amide bonds. The molecule has 0 saturated carbocycles. The van der Waals surface area contributed by atoms with Crippen molar-refractivity contribution in [1.29, 1.82) is 0 Å². The first kappa shape index (κ1) is 26.4. The van der Waals surface area contributed by atoms with E-state index in [1.165, 1.54) is 77.0 Å². The van der Waals surface area contributed by atoms with E-state index in [0.29, 0.717) is 6.10 Å². The zero-order valence-corrected chi connectivity index (χ0v) is 18.2. The molecule has 0 spiro atoms. The van der Waals surface area contributed by atoms with Gasteiger partial charge in [0.25, 0.3) is 0 Å². The highest BCUT2D eigenvalue weighted by Crippen LogP contribution is 2.14. The third-order valence-corrected chi connectivity index (χ3v) is 4.70. The molecule has 0 saturated heterocycles. The fourth-order valence-electron chi connectivity index (χ4n) is 2.93. The zero-order valence-electron chi connectivity index (χ0n) is 17.4. The van der Waals surface area contributed by atoms with Crippen LogP contribution < -0.4 is 12.4 Å². The first-order valence-corrected chi connectivity index (χ1v) is 10.4. The highest BCUT2D eigenvalue weighted by atomic mass is 35.5. The Hall–Kier alpha value is 0.210. The van der Waals surface area contributed by atoms with E-state index in [2.05, 4.69) is 35.0 Å². The lowest BCUT2D eigenvalue weighted by Crippen LogP contribution is -3.00. The lowest BCUT2D eigenvalue weighted by molar-refractivity contribution is -0.870. The number of rotatable bonds is 17. The minimum absolute atomic E-state index is 0. The number of ether oxygens (including phenoxy) is 1. The Labute approximate surface area is 159 Å². The quantitative estimate of drug-likeness (QED) is 0.285. The molecule has 0 aromatic rings. The van der Waals surface area contributed by atoms with Crippen LogP contribution in [0.3, 0.4) is 0 Å². The average Bonchev–Trinajstić information content (AvgIpc) is 2.49. The lowest BCUT2D eigenvalue weighted by atomic mass is 10.0. The summed E-state index contributed by atoms with van der Waals surface area (Å²) < 4.78 is 7.04. The van der Waals surface area contributed by atoms with E-state index in [0.717, 1.165) is 24.1 Å². The van der Waals surface area contributed by atoms with Crippen LogP contribution in [-0.4, -0.2) is 44.9 Å². The van der Waals surface area contributed by atoms with Gasteiger partial charge in [-0.25, -0.2) is 0 Å². The van der Waals surface area contributed by atoms with Crippen LogP contribution in [0.4, 0.5) is 0 Å². The van der Waals surface area contributed by atoms with E-state index in [-0.39, 0.29) is 12.4 Å². The predicted octanol–water partition coefficient (Wildman–Crippen LogP) is 3.19. The second kappa shape index (κ2) is 18.0. The summed E-state index contributed by atoms with van der Waals surface area (Å²) in [7, 11) is 6.69. The van der Waals surface area contributed by atoms with E-state index in [1.807, 2.05) is 0 Å². The Balaban J connectivity index is 0. The molecule has 1 unspecified atom stereocenters. The number of hydrogen-bond donors (Lipinski definition) is 0. The molecule has 2 nitrogen and oxygen atoms in total. The van der Waals surface area contributed by atoms with Crippen LogP contribution in [-0.2, 0) is 4.74 Å². The molecule has 1 atom stereocenters. The molecule has 0 aliphatic carbocycles. The van der Waals surface area contributed by atoms with Gasteiger partial charge in [-0.1, -0.05) is 84.5 Å². The van der Waals surface area contributed by atoms with Crippen LogP contribution >= 0.6 is 0 Å². The first-order valence-electron chi connectivity index (χ1n) is 10.4. The minimum Gasteiger partial charge on any atom is -1.00 e. The molecule has 3 heteroatoms. The van der Waals surface area contributed by atoms with Crippen molar-refractivity contribution in [3.8, 4) is 0 Å². The maximum absolute atomic E-state index is 6.04. The fourth-order valence-corrected chi connectivity index (χ4v) is 2.93. The van der Waals surface area contributed by atoms with E-state index in [1.54, 1.807) is 0 Å². The molecular formula is C21H46ClNO. The summed E-state index contributed by atoms with van der Waals surface area (Å²) in [6.45, 7) is 6.56. The highest BCUT2D eigenvalue weighted by Gasteiger charge is 2.10. The largest absolute Gasteiger partial charge is 1.00 e. The second-order valence-corrected chi connectivity index (χ2v) is 8.24. The first-order chi connectivity index (χ1) is 11.0. The van der Waals surface area contributed by atoms with E-state index in [9.17, 15) is 0 Å². The van der Waals surface area contributed by atoms with Crippen molar-refractivity contribution < 1.29 is 21.6 Å². The van der Waals surface area contributed by atoms with Crippen molar-refractivity contribution in [2.45, 2.75) is 103 Å². The van der Waals surface area contributed by atoms with Crippen molar-refractivity contribution in [3.05, 3.63) is 0 Å². The van der Waals surface area contributed by atoms with Crippen LogP contribution in [0.25, 0.3) is 0 Å². The number of quaternary nitrogens is 1. The topological polar surface area (TPSA) is 9.23 Å². The molecule has 0 bridgehead atoms. The number of unbranched alkanes of at least 4 members (excludes halogenated alkanes) is 10. The molecule has 0 rings (SSSR count). The van der Waals surface area contributed by atoms with Crippen LogP contribution in [0.5, 0.6) is 0 Å². The SMILES string of the molecule is CCCCCCCCCCCCCC(CC)OCC[N+](C)(C)C.[Cl-]. The van der Waals surface area contributed by atoms with Crippen molar-refractivity contribution in [2.75, 3.05) is 34.3 Å². The molecule has 148 valence electrons. The van der Waals surface area contributed by atoms with Crippen LogP contribution in [0.15, 0.2) is 0 Å². The normalized spacial score (nSPS) is 12.9. The van der Waals surface area contributed by atoms with Crippen molar-refractivity contribution >= 4 is 0 Å². The summed E-state index contributed by atoms with van der Waals surface area (Å²) in [5.74, 6) is 0. The molecule has 0 N–H and O–H groups in total. The van der Waals surface area contributed by atoms with Gasteiger partial charge in [-0.05, 0) is 12.8 Å². The Kier molecular flexibility index (Phi) is 19.8. The van der Waals surface area contributed by atoms with Crippen LogP contribution in [0, 0.1) is 0 Å². The maximum Gasteiger partial charge on any atom is 0.102 e. The molecule has 0 radical (unpaired) electrons.